The van der Waals surface area contributed by atoms with E-state index in [0.29, 0.717) is 0 Å². The molecule has 4 N–H and O–H groups in total. The van der Waals surface area contributed by atoms with E-state index in [2.05, 4.69) is 86.6 Å². The fraction of sp³-hybridized carbons (Fsp3) is 0.294. The Balaban J connectivity index is 2.01. The van der Waals surface area contributed by atoms with Gasteiger partial charge in [-0.15, -0.1) is 0 Å². The number of hydrogen-bond donors (Lipinski definition) is 2. The molecule has 0 aliphatic carbocycles. The Morgan fingerprint density at radius 3 is 2.18 bits per heavy atom. The molecule has 5 heteroatoms. The molecule has 0 bridgehead atoms. The zero-order chi connectivity index (χ0) is 15.6. The normalized spacial score (nSPS) is 12.1. The summed E-state index contributed by atoms with van der Waals surface area (Å²) in [5.74, 6) is 2.45. The van der Waals surface area contributed by atoms with Gasteiger partial charge in [-0.25, -0.2) is 0 Å². The Labute approximate surface area is 144 Å². The summed E-state index contributed by atoms with van der Waals surface area (Å²) in [6.07, 6.45) is 1.26. The third kappa shape index (κ3) is 5.92. The topological polar surface area (TPSA) is 39.7 Å². The second kappa shape index (κ2) is 10.3. The molecule has 0 saturated heterocycles. The molecule has 0 saturated carbocycles. The molecule has 1 atom stereocenters. The molecule has 2 rings (SSSR count). The van der Waals surface area contributed by atoms with E-state index in [0.717, 1.165) is 17.9 Å². The van der Waals surface area contributed by atoms with Crippen LogP contribution in [0.15, 0.2) is 54.6 Å². The van der Waals surface area contributed by atoms with Gasteiger partial charge in [0.05, 0.1) is 0 Å². The van der Waals surface area contributed by atoms with Gasteiger partial charge >= 0.3 is 145 Å². The van der Waals surface area contributed by atoms with Gasteiger partial charge < -0.3 is 0 Å². The van der Waals surface area contributed by atoms with Crippen LogP contribution in [-0.2, 0) is 0 Å². The molecule has 2 aromatic rings. The summed E-state index contributed by atoms with van der Waals surface area (Å²) in [7, 11) is 4.34. The first-order valence-corrected chi connectivity index (χ1v) is 15.0. The minimum absolute atomic E-state index is 1.02. The summed E-state index contributed by atoms with van der Waals surface area (Å²) in [5, 5.41) is 3.45. The van der Waals surface area contributed by atoms with Gasteiger partial charge in [-0.1, -0.05) is 0 Å². The van der Waals surface area contributed by atoms with Crippen LogP contribution in [-0.4, -0.2) is 30.4 Å². The summed E-state index contributed by atoms with van der Waals surface area (Å²) in [5.41, 5.74) is 6.27. The van der Waals surface area contributed by atoms with Crippen LogP contribution < -0.4 is 15.4 Å². The molecule has 0 aromatic heterocycles. The predicted octanol–water partition coefficient (Wildman–Crippen LogP) is 3.24. The van der Waals surface area contributed by atoms with Crippen LogP contribution in [0.2, 0.25) is 0 Å². The summed E-state index contributed by atoms with van der Waals surface area (Å²) in [4.78, 5) is 0. The summed E-state index contributed by atoms with van der Waals surface area (Å²) in [6, 6.07) is 19.4. The third-order valence-corrected chi connectivity index (χ3v) is 16.7. The third-order valence-electron chi connectivity index (χ3n) is 2.91. The number of anilines is 2. The number of quaternary nitrogens is 1. The Morgan fingerprint density at radius 2 is 1.55 bits per heavy atom. The molecule has 0 aliphatic heterocycles. The van der Waals surface area contributed by atoms with Gasteiger partial charge in [-0.2, -0.15) is 0 Å². The average Bonchev–Trinajstić information content (AvgIpc) is 2.57. The van der Waals surface area contributed by atoms with Crippen molar-refractivity contribution in [1.82, 2.24) is 0 Å². The molecule has 0 aliphatic rings. The van der Waals surface area contributed by atoms with Gasteiger partial charge in [0.1, 0.15) is 0 Å². The van der Waals surface area contributed by atoms with Crippen molar-refractivity contribution in [2.45, 2.75) is 13.3 Å². The van der Waals surface area contributed by atoms with E-state index in [1.54, 1.807) is 4.35 Å². The first kappa shape index (κ1) is 17.8. The molecular weight excluding hydrogens is 371 g/mol. The number of para-hydroxylation sites is 1. The SMILES string of the molecule is CCCS[As](SCC[NH3+])c1ccc(Nc2ccccc2)cc1. The Bertz CT molecular complexity index is 526. The van der Waals surface area contributed by atoms with Gasteiger partial charge in [0.2, 0.25) is 0 Å². The zero-order valence-corrected chi connectivity index (χ0v) is 16.5. The van der Waals surface area contributed by atoms with Crippen LogP contribution in [0.3, 0.4) is 0 Å². The van der Waals surface area contributed by atoms with E-state index in [1.807, 2.05) is 6.07 Å². The Kier molecular flexibility index (Phi) is 8.32. The van der Waals surface area contributed by atoms with E-state index in [1.165, 1.54) is 17.9 Å². The van der Waals surface area contributed by atoms with Crippen LogP contribution in [0.5, 0.6) is 0 Å². The average molecular weight is 395 g/mol. The van der Waals surface area contributed by atoms with E-state index in [9.17, 15) is 0 Å². The predicted molar refractivity (Wildman–Crippen MR) is 105 cm³/mol. The zero-order valence-electron chi connectivity index (χ0n) is 13.0. The second-order valence-corrected chi connectivity index (χ2v) is 16.6. The van der Waals surface area contributed by atoms with Crippen molar-refractivity contribution in [2.24, 2.45) is 0 Å². The van der Waals surface area contributed by atoms with Crippen molar-refractivity contribution in [3.8, 4) is 0 Å². The van der Waals surface area contributed by atoms with Crippen LogP contribution >= 0.6 is 20.0 Å². The molecule has 2 aromatic carbocycles. The number of benzene rings is 2. The number of rotatable bonds is 9. The van der Waals surface area contributed by atoms with E-state index in [4.69, 9.17) is 0 Å². The van der Waals surface area contributed by atoms with Crippen LogP contribution in [0.25, 0.3) is 0 Å². The standard InChI is InChI=1S/C17H23AsN2S2/c1-2-13-21-18(22-14-12-19)15-8-10-17(11-9-15)20-16-6-4-3-5-7-16/h3-11,20H,2,12-14,19H2,1H3/p+1. The quantitative estimate of drug-likeness (QED) is 0.641. The summed E-state index contributed by atoms with van der Waals surface area (Å²) in [6.45, 7) is 3.29. The molecule has 0 fully saturated rings. The number of nitrogens with one attached hydrogen (secondary N) is 1. The van der Waals surface area contributed by atoms with Crippen LogP contribution in [0.4, 0.5) is 11.4 Å². The van der Waals surface area contributed by atoms with Gasteiger partial charge in [0, 0.05) is 0 Å². The Hall–Kier alpha value is -0.542. The van der Waals surface area contributed by atoms with Gasteiger partial charge in [-0.3, -0.25) is 0 Å². The maximum absolute atomic E-state index is 3.98. The second-order valence-electron chi connectivity index (χ2n) is 4.82. The fourth-order valence-electron chi connectivity index (χ4n) is 1.86. The minimum atomic E-state index is -1.04. The van der Waals surface area contributed by atoms with Crippen molar-refractivity contribution < 1.29 is 5.73 Å². The van der Waals surface area contributed by atoms with Crippen LogP contribution in [0, 0.1) is 0 Å². The molecule has 0 radical (unpaired) electrons. The molecule has 118 valence electrons. The summed E-state index contributed by atoms with van der Waals surface area (Å²) >= 11 is -1.04. The van der Waals surface area contributed by atoms with E-state index >= 15 is 0 Å². The molecular formula is C17H24AsN2S2+. The van der Waals surface area contributed by atoms with Crippen molar-refractivity contribution in [3.63, 3.8) is 0 Å². The van der Waals surface area contributed by atoms with E-state index < -0.39 is 12.3 Å². The van der Waals surface area contributed by atoms with Gasteiger partial charge in [0.15, 0.2) is 0 Å². The number of hydrogen-bond acceptors (Lipinski definition) is 3. The monoisotopic (exact) mass is 395 g/mol. The maximum atomic E-state index is 3.98. The van der Waals surface area contributed by atoms with Gasteiger partial charge in [0.25, 0.3) is 0 Å². The molecule has 0 spiro atoms. The van der Waals surface area contributed by atoms with Crippen molar-refractivity contribution in [3.05, 3.63) is 54.6 Å². The molecule has 22 heavy (non-hydrogen) atoms. The molecule has 1 unspecified atom stereocenters. The van der Waals surface area contributed by atoms with Gasteiger partial charge in [-0.05, 0) is 0 Å². The van der Waals surface area contributed by atoms with Crippen LogP contribution in [0.1, 0.15) is 13.3 Å². The van der Waals surface area contributed by atoms with Crippen molar-refractivity contribution >= 4 is 48.1 Å². The van der Waals surface area contributed by atoms with Crippen molar-refractivity contribution in [1.29, 1.82) is 0 Å². The first-order chi connectivity index (χ1) is 10.8. The van der Waals surface area contributed by atoms with Crippen molar-refractivity contribution in [2.75, 3.05) is 23.4 Å². The first-order valence-electron chi connectivity index (χ1n) is 7.61. The Morgan fingerprint density at radius 1 is 0.909 bits per heavy atom. The van der Waals surface area contributed by atoms with E-state index in [-0.39, 0.29) is 0 Å². The molecule has 2 nitrogen and oxygen atoms in total. The molecule has 0 amide bonds. The fourth-order valence-corrected chi connectivity index (χ4v) is 14.8. The molecule has 0 heterocycles. The summed E-state index contributed by atoms with van der Waals surface area (Å²) < 4.78 is 1.54.